The first kappa shape index (κ1) is 25.4. The lowest BCUT2D eigenvalue weighted by Gasteiger charge is -2.32. The van der Waals surface area contributed by atoms with Crippen LogP contribution in [0.25, 0.3) is 0 Å². The molecule has 2 aromatic carbocycles. The van der Waals surface area contributed by atoms with Gasteiger partial charge in [-0.1, -0.05) is 57.4 Å². The van der Waals surface area contributed by atoms with Crippen molar-refractivity contribution in [3.05, 3.63) is 65.2 Å². The van der Waals surface area contributed by atoms with Crippen LogP contribution in [0, 0.1) is 11.8 Å². The Morgan fingerprint density at radius 3 is 2.31 bits per heavy atom. The molecule has 1 saturated heterocycles. The lowest BCUT2D eigenvalue weighted by atomic mass is 9.92. The van der Waals surface area contributed by atoms with E-state index in [9.17, 15) is 9.59 Å². The summed E-state index contributed by atoms with van der Waals surface area (Å²) in [7, 11) is 0. The topological polar surface area (TPSA) is 61.4 Å². The van der Waals surface area contributed by atoms with Crippen molar-refractivity contribution in [3.63, 3.8) is 0 Å². The number of nitrogens with zero attached hydrogens (tertiary/aromatic N) is 1. The van der Waals surface area contributed by atoms with E-state index in [1.807, 2.05) is 36.4 Å². The fourth-order valence-corrected chi connectivity index (χ4v) is 5.39. The fraction of sp³-hybridized carbons (Fsp3) is 0.533. The van der Waals surface area contributed by atoms with Crippen molar-refractivity contribution in [1.29, 1.82) is 0 Å². The number of hydrogen-bond donors (Lipinski definition) is 2. The Morgan fingerprint density at radius 2 is 1.63 bits per heavy atom. The van der Waals surface area contributed by atoms with Crippen LogP contribution >= 0.6 is 0 Å². The minimum atomic E-state index is -0.0805. The summed E-state index contributed by atoms with van der Waals surface area (Å²) in [6.07, 6.45) is 8.93. The molecule has 0 radical (unpaired) electrons. The lowest BCUT2D eigenvalue weighted by molar-refractivity contribution is -0.127. The number of hydrogen-bond acceptors (Lipinski definition) is 3. The van der Waals surface area contributed by atoms with E-state index in [1.54, 1.807) is 0 Å². The van der Waals surface area contributed by atoms with Crippen molar-refractivity contribution in [2.45, 2.75) is 77.8 Å². The molecule has 2 N–H and O–H groups in total. The van der Waals surface area contributed by atoms with E-state index in [2.05, 4.69) is 41.5 Å². The van der Waals surface area contributed by atoms with E-state index in [-0.39, 0.29) is 17.7 Å². The summed E-state index contributed by atoms with van der Waals surface area (Å²) in [5.74, 6) is 0.925. The molecule has 0 unspecified atom stereocenters. The zero-order valence-corrected chi connectivity index (χ0v) is 21.4. The van der Waals surface area contributed by atoms with E-state index in [4.69, 9.17) is 0 Å². The Morgan fingerprint density at radius 1 is 0.914 bits per heavy atom. The molecule has 35 heavy (non-hydrogen) atoms. The Kier molecular flexibility index (Phi) is 8.97. The fourth-order valence-electron chi connectivity index (χ4n) is 5.39. The van der Waals surface area contributed by atoms with Gasteiger partial charge in [0.2, 0.25) is 5.91 Å². The molecule has 2 amide bonds. The van der Waals surface area contributed by atoms with Crippen molar-refractivity contribution in [3.8, 4) is 0 Å². The maximum Gasteiger partial charge on any atom is 0.255 e. The molecule has 0 atom stereocenters. The van der Waals surface area contributed by atoms with Crippen LogP contribution < -0.4 is 10.6 Å². The maximum absolute atomic E-state index is 12.7. The largest absolute Gasteiger partial charge is 0.353 e. The average molecular weight is 476 g/mol. The van der Waals surface area contributed by atoms with E-state index in [0.29, 0.717) is 17.5 Å². The predicted octanol–water partition coefficient (Wildman–Crippen LogP) is 5.80. The van der Waals surface area contributed by atoms with Gasteiger partial charge in [-0.05, 0) is 86.5 Å². The monoisotopic (exact) mass is 475 g/mol. The van der Waals surface area contributed by atoms with E-state index < -0.39 is 0 Å². The third-order valence-electron chi connectivity index (χ3n) is 7.36. The number of anilines is 1. The van der Waals surface area contributed by atoms with Crippen molar-refractivity contribution >= 4 is 17.5 Å². The van der Waals surface area contributed by atoms with Gasteiger partial charge in [-0.25, -0.2) is 0 Å². The van der Waals surface area contributed by atoms with Gasteiger partial charge in [0.15, 0.2) is 0 Å². The second kappa shape index (κ2) is 12.3. The van der Waals surface area contributed by atoms with Crippen molar-refractivity contribution in [1.82, 2.24) is 10.2 Å². The zero-order valence-electron chi connectivity index (χ0n) is 21.4. The number of carbonyl (C=O) groups is 2. The quantitative estimate of drug-likeness (QED) is 0.507. The van der Waals surface area contributed by atoms with Crippen molar-refractivity contribution < 1.29 is 9.59 Å². The molecule has 0 bridgehead atoms. The smallest absolute Gasteiger partial charge is 0.255 e. The Balaban J connectivity index is 1.25. The number of carbonyl (C=O) groups excluding carboxylic acids is 2. The van der Waals surface area contributed by atoms with Crippen LogP contribution in [0.3, 0.4) is 0 Å². The Bertz CT molecular complexity index is 971. The number of rotatable bonds is 8. The first-order valence-electron chi connectivity index (χ1n) is 13.5. The molecular weight excluding hydrogens is 434 g/mol. The molecule has 5 heteroatoms. The highest BCUT2D eigenvalue weighted by molar-refractivity contribution is 6.04. The van der Waals surface area contributed by atoms with Crippen LogP contribution in [-0.2, 0) is 17.8 Å². The molecule has 2 fully saturated rings. The predicted molar refractivity (Wildman–Crippen MR) is 142 cm³/mol. The van der Waals surface area contributed by atoms with Gasteiger partial charge in [0.05, 0.1) is 0 Å². The van der Waals surface area contributed by atoms with Crippen LogP contribution in [-0.4, -0.2) is 35.8 Å². The molecule has 1 heterocycles. The van der Waals surface area contributed by atoms with E-state index >= 15 is 0 Å². The zero-order chi connectivity index (χ0) is 24.6. The minimum absolute atomic E-state index is 0.0805. The van der Waals surface area contributed by atoms with Gasteiger partial charge in [0.1, 0.15) is 0 Å². The molecule has 188 valence electrons. The standard InChI is InChI=1S/C30H41N3O2/c1-22(2)19-23-11-13-25(14-12-23)29(34)32-28-10-6-7-24(20-28)21-33-17-15-26(16-18-33)30(35)31-27-8-4-3-5-9-27/h6-7,10-14,20,22,26-27H,3-5,8-9,15-19,21H2,1-2H3,(H,31,35)(H,32,34). The molecule has 0 aromatic heterocycles. The third kappa shape index (κ3) is 7.66. The van der Waals surface area contributed by atoms with Gasteiger partial charge in [-0.2, -0.15) is 0 Å². The summed E-state index contributed by atoms with van der Waals surface area (Å²) < 4.78 is 0. The van der Waals surface area contributed by atoms with Crippen LogP contribution in [0.15, 0.2) is 48.5 Å². The molecule has 1 saturated carbocycles. The van der Waals surface area contributed by atoms with Gasteiger partial charge in [-0.3, -0.25) is 14.5 Å². The molecule has 2 aliphatic rings. The van der Waals surface area contributed by atoms with Gasteiger partial charge in [0.25, 0.3) is 5.91 Å². The summed E-state index contributed by atoms with van der Waals surface area (Å²) in [6, 6.07) is 16.4. The van der Waals surface area contributed by atoms with Gasteiger partial charge in [-0.15, -0.1) is 0 Å². The molecule has 5 nitrogen and oxygen atoms in total. The second-order valence-electron chi connectivity index (χ2n) is 10.8. The van der Waals surface area contributed by atoms with Crippen molar-refractivity contribution in [2.75, 3.05) is 18.4 Å². The van der Waals surface area contributed by atoms with E-state index in [1.165, 1.54) is 30.4 Å². The molecule has 1 aliphatic heterocycles. The lowest BCUT2D eigenvalue weighted by Crippen LogP contribution is -2.44. The number of benzene rings is 2. The summed E-state index contributed by atoms with van der Waals surface area (Å²) in [5.41, 5.74) is 3.94. The van der Waals surface area contributed by atoms with Gasteiger partial charge < -0.3 is 10.6 Å². The normalized spacial score (nSPS) is 17.9. The maximum atomic E-state index is 12.7. The molecule has 2 aromatic rings. The first-order chi connectivity index (χ1) is 17.0. The molecule has 1 aliphatic carbocycles. The number of likely N-dealkylation sites (tertiary alicyclic amines) is 1. The first-order valence-corrected chi connectivity index (χ1v) is 13.5. The van der Waals surface area contributed by atoms with Crippen LogP contribution in [0.4, 0.5) is 5.69 Å². The Labute approximate surface area is 210 Å². The molecular formula is C30H41N3O2. The summed E-state index contributed by atoms with van der Waals surface area (Å²) in [4.78, 5) is 27.8. The second-order valence-corrected chi connectivity index (χ2v) is 10.8. The van der Waals surface area contributed by atoms with Crippen LogP contribution in [0.1, 0.15) is 80.3 Å². The number of amides is 2. The number of nitrogens with one attached hydrogen (secondary N) is 2. The van der Waals surface area contributed by atoms with Crippen molar-refractivity contribution in [2.24, 2.45) is 11.8 Å². The van der Waals surface area contributed by atoms with Crippen LogP contribution in [0.5, 0.6) is 0 Å². The number of piperidine rings is 1. The van der Waals surface area contributed by atoms with Gasteiger partial charge in [0, 0.05) is 29.8 Å². The van der Waals surface area contributed by atoms with E-state index in [0.717, 1.165) is 57.4 Å². The molecule has 4 rings (SSSR count). The third-order valence-corrected chi connectivity index (χ3v) is 7.36. The Hall–Kier alpha value is -2.66. The average Bonchev–Trinajstić information content (AvgIpc) is 2.85. The minimum Gasteiger partial charge on any atom is -0.353 e. The van der Waals surface area contributed by atoms with Gasteiger partial charge >= 0.3 is 0 Å². The summed E-state index contributed by atoms with van der Waals surface area (Å²) >= 11 is 0. The highest BCUT2D eigenvalue weighted by Crippen LogP contribution is 2.23. The van der Waals surface area contributed by atoms with Crippen LogP contribution in [0.2, 0.25) is 0 Å². The highest BCUT2D eigenvalue weighted by Gasteiger charge is 2.27. The molecule has 0 spiro atoms. The summed E-state index contributed by atoms with van der Waals surface area (Å²) in [5, 5.41) is 6.35. The summed E-state index contributed by atoms with van der Waals surface area (Å²) in [6.45, 7) is 7.10. The SMILES string of the molecule is CC(C)Cc1ccc(C(=O)Nc2cccc(CN3CCC(C(=O)NC4CCCCC4)CC3)c2)cc1. The highest BCUT2D eigenvalue weighted by atomic mass is 16.2.